The standard InChI is InChI=1S/C22H25BrN2O4/c1-7-11-25(21(27)16-9-8-10-17(23)12-16)15(4)20(26)18-13(2)19(22(28)29-6)24(5)14(18)3/h7-10,12,15H,1,11H2,2-6H3/t15-/m0/s1. The first-order valence-corrected chi connectivity index (χ1v) is 9.90. The van der Waals surface area contributed by atoms with Gasteiger partial charge in [-0.15, -0.1) is 6.58 Å². The predicted molar refractivity (Wildman–Crippen MR) is 115 cm³/mol. The first-order valence-electron chi connectivity index (χ1n) is 9.11. The Kier molecular flexibility index (Phi) is 7.19. The van der Waals surface area contributed by atoms with E-state index < -0.39 is 12.0 Å². The van der Waals surface area contributed by atoms with Gasteiger partial charge in [0.25, 0.3) is 5.91 Å². The molecular weight excluding hydrogens is 436 g/mol. The second kappa shape index (κ2) is 9.22. The maximum Gasteiger partial charge on any atom is 0.354 e. The third-order valence-electron chi connectivity index (χ3n) is 5.06. The molecule has 0 unspecified atom stereocenters. The van der Waals surface area contributed by atoms with E-state index in [1.165, 1.54) is 12.0 Å². The highest BCUT2D eigenvalue weighted by molar-refractivity contribution is 9.10. The van der Waals surface area contributed by atoms with Crippen LogP contribution in [0.15, 0.2) is 41.4 Å². The van der Waals surface area contributed by atoms with Crippen molar-refractivity contribution in [1.82, 2.24) is 9.47 Å². The van der Waals surface area contributed by atoms with Crippen molar-refractivity contribution >= 4 is 33.6 Å². The molecule has 1 heterocycles. The molecule has 1 aromatic carbocycles. The first-order chi connectivity index (χ1) is 13.6. The monoisotopic (exact) mass is 460 g/mol. The molecule has 7 heteroatoms. The highest BCUT2D eigenvalue weighted by atomic mass is 79.9. The normalized spacial score (nSPS) is 11.7. The number of methoxy groups -OCH3 is 1. The van der Waals surface area contributed by atoms with Crippen LogP contribution >= 0.6 is 15.9 Å². The summed E-state index contributed by atoms with van der Waals surface area (Å²) in [5.74, 6) is -1.02. The van der Waals surface area contributed by atoms with Crippen LogP contribution in [0.25, 0.3) is 0 Å². The molecule has 0 aliphatic rings. The van der Waals surface area contributed by atoms with Gasteiger partial charge >= 0.3 is 5.97 Å². The maximum absolute atomic E-state index is 13.4. The molecule has 0 aliphatic heterocycles. The summed E-state index contributed by atoms with van der Waals surface area (Å²) in [5.41, 5.74) is 2.42. The number of hydrogen-bond acceptors (Lipinski definition) is 4. The van der Waals surface area contributed by atoms with Gasteiger partial charge in [-0.2, -0.15) is 0 Å². The highest BCUT2D eigenvalue weighted by Crippen LogP contribution is 2.25. The van der Waals surface area contributed by atoms with Crippen molar-refractivity contribution in [2.24, 2.45) is 7.05 Å². The van der Waals surface area contributed by atoms with Crippen molar-refractivity contribution in [2.75, 3.05) is 13.7 Å². The van der Waals surface area contributed by atoms with E-state index in [0.717, 1.165) is 4.47 Å². The van der Waals surface area contributed by atoms with Crippen LogP contribution in [0.4, 0.5) is 0 Å². The molecule has 0 spiro atoms. The molecule has 6 nitrogen and oxygen atoms in total. The van der Waals surface area contributed by atoms with Crippen LogP contribution in [0.5, 0.6) is 0 Å². The zero-order chi connectivity index (χ0) is 21.9. The molecule has 2 aromatic rings. The Morgan fingerprint density at radius 1 is 1.31 bits per heavy atom. The SMILES string of the molecule is C=CCN(C(=O)c1cccc(Br)c1)[C@@H](C)C(=O)c1c(C)c(C(=O)OC)n(C)c1C. The van der Waals surface area contributed by atoms with E-state index in [2.05, 4.69) is 22.5 Å². The lowest BCUT2D eigenvalue weighted by molar-refractivity contribution is 0.0588. The highest BCUT2D eigenvalue weighted by Gasteiger charge is 2.32. The Hall–Kier alpha value is -2.67. The number of esters is 1. The molecule has 2 rings (SSSR count). The number of carbonyl (C=O) groups is 3. The third kappa shape index (κ3) is 4.34. The predicted octanol–water partition coefficient (Wildman–Crippen LogP) is 4.09. The third-order valence-corrected chi connectivity index (χ3v) is 5.55. The molecule has 1 aromatic heterocycles. The minimum atomic E-state index is -0.746. The molecule has 1 amide bonds. The Morgan fingerprint density at radius 3 is 2.52 bits per heavy atom. The van der Waals surface area contributed by atoms with Gasteiger partial charge in [-0.3, -0.25) is 9.59 Å². The maximum atomic E-state index is 13.4. The Labute approximate surface area is 179 Å². The lowest BCUT2D eigenvalue weighted by Crippen LogP contribution is -2.43. The van der Waals surface area contributed by atoms with Gasteiger partial charge in [0.05, 0.1) is 13.2 Å². The number of hydrogen-bond donors (Lipinski definition) is 0. The van der Waals surface area contributed by atoms with Crippen LogP contribution in [0, 0.1) is 13.8 Å². The van der Waals surface area contributed by atoms with Crippen LogP contribution in [0.2, 0.25) is 0 Å². The van der Waals surface area contributed by atoms with Crippen LogP contribution in [-0.4, -0.2) is 46.8 Å². The van der Waals surface area contributed by atoms with Crippen LogP contribution < -0.4 is 0 Å². The number of ether oxygens (including phenoxy) is 1. The smallest absolute Gasteiger partial charge is 0.354 e. The second-order valence-corrected chi connectivity index (χ2v) is 7.70. The summed E-state index contributed by atoms with van der Waals surface area (Å²) < 4.78 is 7.27. The largest absolute Gasteiger partial charge is 0.464 e. The zero-order valence-electron chi connectivity index (χ0n) is 17.3. The summed E-state index contributed by atoms with van der Waals surface area (Å²) >= 11 is 3.37. The fourth-order valence-corrected chi connectivity index (χ4v) is 3.82. The zero-order valence-corrected chi connectivity index (χ0v) is 18.9. The molecule has 1 atom stereocenters. The van der Waals surface area contributed by atoms with E-state index in [4.69, 9.17) is 4.74 Å². The molecule has 154 valence electrons. The Balaban J connectivity index is 2.47. The Bertz CT molecular complexity index is 977. The van der Waals surface area contributed by atoms with Gasteiger partial charge in [0.15, 0.2) is 5.78 Å². The Morgan fingerprint density at radius 2 is 1.97 bits per heavy atom. The molecule has 0 fully saturated rings. The number of rotatable bonds is 7. The van der Waals surface area contributed by atoms with Crippen molar-refractivity contribution in [1.29, 1.82) is 0 Å². The van der Waals surface area contributed by atoms with Gasteiger partial charge in [0, 0.05) is 34.9 Å². The fraction of sp³-hybridized carbons (Fsp3) is 0.318. The fourth-order valence-electron chi connectivity index (χ4n) is 3.42. The molecular formula is C22H25BrN2O4. The van der Waals surface area contributed by atoms with Crippen LogP contribution in [0.3, 0.4) is 0 Å². The van der Waals surface area contributed by atoms with Crippen molar-refractivity contribution in [2.45, 2.75) is 26.8 Å². The van der Waals surface area contributed by atoms with E-state index in [-0.39, 0.29) is 18.2 Å². The number of amides is 1. The topological polar surface area (TPSA) is 68.6 Å². The van der Waals surface area contributed by atoms with E-state index in [0.29, 0.717) is 28.1 Å². The average Bonchev–Trinajstić information content (AvgIpc) is 2.92. The summed E-state index contributed by atoms with van der Waals surface area (Å²) in [6.45, 7) is 9.10. The van der Waals surface area contributed by atoms with E-state index >= 15 is 0 Å². The minimum Gasteiger partial charge on any atom is -0.464 e. The van der Waals surface area contributed by atoms with Crippen LogP contribution in [0.1, 0.15) is 49.4 Å². The van der Waals surface area contributed by atoms with Crippen LogP contribution in [-0.2, 0) is 11.8 Å². The number of carbonyl (C=O) groups excluding carboxylic acids is 3. The number of Topliss-reactive ketones (excluding diaryl/α,β-unsaturated/α-hetero) is 1. The van der Waals surface area contributed by atoms with E-state index in [9.17, 15) is 14.4 Å². The molecule has 0 N–H and O–H groups in total. The number of nitrogens with zero attached hydrogens (tertiary/aromatic N) is 2. The number of aromatic nitrogens is 1. The molecule has 0 saturated heterocycles. The first kappa shape index (κ1) is 22.6. The minimum absolute atomic E-state index is 0.215. The van der Waals surface area contributed by atoms with Gasteiger partial charge in [-0.1, -0.05) is 28.1 Å². The number of halogens is 1. The summed E-state index contributed by atoms with van der Waals surface area (Å²) in [5, 5.41) is 0. The van der Waals surface area contributed by atoms with Crippen molar-refractivity contribution in [3.63, 3.8) is 0 Å². The van der Waals surface area contributed by atoms with Gasteiger partial charge < -0.3 is 14.2 Å². The van der Waals surface area contributed by atoms with E-state index in [1.54, 1.807) is 56.7 Å². The van der Waals surface area contributed by atoms with Crippen molar-refractivity contribution in [3.05, 3.63) is 69.5 Å². The summed E-state index contributed by atoms with van der Waals surface area (Å²) in [7, 11) is 3.01. The lowest BCUT2D eigenvalue weighted by Gasteiger charge is -2.27. The number of benzene rings is 1. The summed E-state index contributed by atoms with van der Waals surface area (Å²) in [6.07, 6.45) is 1.59. The molecule has 0 aliphatic carbocycles. The molecule has 0 bridgehead atoms. The second-order valence-electron chi connectivity index (χ2n) is 6.78. The molecule has 0 saturated carbocycles. The van der Waals surface area contributed by atoms with Gasteiger partial charge in [-0.25, -0.2) is 4.79 Å². The van der Waals surface area contributed by atoms with Gasteiger partial charge in [0.2, 0.25) is 0 Å². The number of ketones is 1. The quantitative estimate of drug-likeness (QED) is 0.354. The molecule has 29 heavy (non-hydrogen) atoms. The van der Waals surface area contributed by atoms with Crippen molar-refractivity contribution < 1.29 is 19.1 Å². The lowest BCUT2D eigenvalue weighted by atomic mass is 9.99. The van der Waals surface area contributed by atoms with Crippen molar-refractivity contribution in [3.8, 4) is 0 Å². The van der Waals surface area contributed by atoms with Gasteiger partial charge in [0.1, 0.15) is 5.69 Å². The average molecular weight is 461 g/mol. The summed E-state index contributed by atoms with van der Waals surface area (Å²) in [6, 6.07) is 6.27. The van der Waals surface area contributed by atoms with E-state index in [1.807, 2.05) is 6.07 Å². The summed E-state index contributed by atoms with van der Waals surface area (Å²) in [4.78, 5) is 40.1. The van der Waals surface area contributed by atoms with Gasteiger partial charge in [-0.05, 0) is 44.5 Å². The molecule has 0 radical (unpaired) electrons.